The molecule has 0 fully saturated rings. The van der Waals surface area contributed by atoms with E-state index in [0.29, 0.717) is 9.99 Å². The number of H-pyrrole nitrogens is 1. The van der Waals surface area contributed by atoms with Crippen LogP contribution in [-0.4, -0.2) is 15.1 Å². The Labute approximate surface area is 92.1 Å². The Balaban J connectivity index is 2.99. The highest BCUT2D eigenvalue weighted by Gasteiger charge is 2.11. The topological polar surface area (TPSA) is 89.8 Å². The highest BCUT2D eigenvalue weighted by atomic mass is 79.9. The van der Waals surface area contributed by atoms with E-state index in [0.717, 1.165) is 0 Å². The summed E-state index contributed by atoms with van der Waals surface area (Å²) in [6, 6.07) is 4.82. The SMILES string of the molecule is N#Cc1c(O)c2ccc(Br)nc2[nH]c1=O. The summed E-state index contributed by atoms with van der Waals surface area (Å²) >= 11 is 3.14. The quantitative estimate of drug-likeness (QED) is 0.702. The van der Waals surface area contributed by atoms with Gasteiger partial charge in [-0.05, 0) is 28.1 Å². The second kappa shape index (κ2) is 3.37. The summed E-state index contributed by atoms with van der Waals surface area (Å²) in [6.07, 6.45) is 0. The lowest BCUT2D eigenvalue weighted by Crippen LogP contribution is -2.10. The molecule has 0 aliphatic carbocycles. The third kappa shape index (κ3) is 1.47. The van der Waals surface area contributed by atoms with E-state index in [9.17, 15) is 9.90 Å². The van der Waals surface area contributed by atoms with Gasteiger partial charge < -0.3 is 10.1 Å². The summed E-state index contributed by atoms with van der Waals surface area (Å²) in [5.41, 5.74) is -0.703. The van der Waals surface area contributed by atoms with Crippen LogP contribution < -0.4 is 5.56 Å². The fourth-order valence-corrected chi connectivity index (χ4v) is 1.55. The van der Waals surface area contributed by atoms with E-state index in [1.807, 2.05) is 0 Å². The second-order valence-corrected chi connectivity index (χ2v) is 3.63. The van der Waals surface area contributed by atoms with Crippen molar-refractivity contribution in [3.63, 3.8) is 0 Å². The van der Waals surface area contributed by atoms with Crippen LogP contribution in [0.1, 0.15) is 5.56 Å². The van der Waals surface area contributed by atoms with Crippen LogP contribution in [0.2, 0.25) is 0 Å². The highest BCUT2D eigenvalue weighted by molar-refractivity contribution is 9.10. The van der Waals surface area contributed by atoms with Crippen LogP contribution in [0, 0.1) is 11.3 Å². The lowest BCUT2D eigenvalue weighted by Gasteiger charge is -2.01. The van der Waals surface area contributed by atoms with Crippen LogP contribution >= 0.6 is 15.9 Å². The molecule has 15 heavy (non-hydrogen) atoms. The van der Waals surface area contributed by atoms with Gasteiger partial charge >= 0.3 is 0 Å². The Morgan fingerprint density at radius 1 is 1.53 bits per heavy atom. The molecule has 0 unspecified atom stereocenters. The Hall–Kier alpha value is -1.87. The van der Waals surface area contributed by atoms with Gasteiger partial charge in [-0.3, -0.25) is 4.79 Å². The Morgan fingerprint density at radius 3 is 2.93 bits per heavy atom. The maximum Gasteiger partial charge on any atom is 0.271 e. The molecule has 2 heterocycles. The Bertz CT molecular complexity index is 642. The van der Waals surface area contributed by atoms with Crippen molar-refractivity contribution in [2.75, 3.05) is 0 Å². The summed E-state index contributed by atoms with van der Waals surface area (Å²) in [7, 11) is 0. The highest BCUT2D eigenvalue weighted by Crippen LogP contribution is 2.24. The van der Waals surface area contributed by atoms with Gasteiger partial charge in [-0.2, -0.15) is 5.26 Å². The normalized spacial score (nSPS) is 10.1. The molecule has 0 bridgehead atoms. The molecule has 0 radical (unpaired) electrons. The van der Waals surface area contributed by atoms with Crippen molar-refractivity contribution in [1.29, 1.82) is 5.26 Å². The van der Waals surface area contributed by atoms with Gasteiger partial charge in [0, 0.05) is 0 Å². The number of hydrogen-bond acceptors (Lipinski definition) is 4. The number of nitrogens with one attached hydrogen (secondary N) is 1. The molecule has 0 amide bonds. The van der Waals surface area contributed by atoms with E-state index in [4.69, 9.17) is 5.26 Å². The number of aromatic amines is 1. The molecule has 74 valence electrons. The van der Waals surface area contributed by atoms with E-state index in [1.165, 1.54) is 0 Å². The minimum absolute atomic E-state index is 0.242. The van der Waals surface area contributed by atoms with Crippen LogP contribution in [0.4, 0.5) is 0 Å². The summed E-state index contributed by atoms with van der Waals surface area (Å²) in [5.74, 6) is -0.337. The number of fused-ring (bicyclic) bond motifs is 1. The summed E-state index contributed by atoms with van der Waals surface area (Å²) in [5, 5.41) is 18.6. The summed E-state index contributed by atoms with van der Waals surface area (Å²) < 4.78 is 0.537. The molecule has 2 aromatic rings. The van der Waals surface area contributed by atoms with Crippen LogP contribution in [0.25, 0.3) is 11.0 Å². The molecule has 0 saturated carbocycles. The van der Waals surface area contributed by atoms with Crippen molar-refractivity contribution in [3.05, 3.63) is 32.7 Å². The molecular formula is C9H4BrN3O2. The molecule has 2 N–H and O–H groups in total. The predicted molar refractivity (Wildman–Crippen MR) is 56.4 cm³/mol. The fourth-order valence-electron chi connectivity index (χ4n) is 1.24. The van der Waals surface area contributed by atoms with E-state index in [-0.39, 0.29) is 17.0 Å². The molecule has 0 spiro atoms. The molecule has 0 aliphatic rings. The van der Waals surface area contributed by atoms with E-state index < -0.39 is 5.56 Å². The van der Waals surface area contributed by atoms with E-state index >= 15 is 0 Å². The maximum absolute atomic E-state index is 11.3. The average Bonchev–Trinajstić information content (AvgIpc) is 2.17. The van der Waals surface area contributed by atoms with Gasteiger partial charge in [0.15, 0.2) is 5.56 Å². The molecular weight excluding hydrogens is 262 g/mol. The average molecular weight is 266 g/mol. The van der Waals surface area contributed by atoms with Gasteiger partial charge in [-0.1, -0.05) is 0 Å². The molecule has 0 saturated heterocycles. The second-order valence-electron chi connectivity index (χ2n) is 2.82. The van der Waals surface area contributed by atoms with Crippen LogP contribution in [0.3, 0.4) is 0 Å². The number of aromatic hydroxyl groups is 1. The van der Waals surface area contributed by atoms with Gasteiger partial charge in [-0.15, -0.1) is 0 Å². The largest absolute Gasteiger partial charge is 0.506 e. The number of hydrogen-bond donors (Lipinski definition) is 2. The van der Waals surface area contributed by atoms with Crippen molar-refractivity contribution < 1.29 is 5.11 Å². The zero-order valence-electron chi connectivity index (χ0n) is 7.28. The molecule has 0 atom stereocenters. The number of pyridine rings is 2. The van der Waals surface area contributed by atoms with Crippen LogP contribution in [-0.2, 0) is 0 Å². The molecule has 2 rings (SSSR count). The summed E-state index contributed by atoms with van der Waals surface area (Å²) in [4.78, 5) is 17.7. The molecule has 2 aromatic heterocycles. The van der Waals surface area contributed by atoms with E-state index in [1.54, 1.807) is 18.2 Å². The monoisotopic (exact) mass is 265 g/mol. The number of nitriles is 1. The third-order valence-corrected chi connectivity index (χ3v) is 2.37. The van der Waals surface area contributed by atoms with Gasteiger partial charge in [0.25, 0.3) is 5.56 Å². The molecule has 0 aromatic carbocycles. The van der Waals surface area contributed by atoms with Gasteiger partial charge in [-0.25, -0.2) is 4.98 Å². The molecule has 5 nitrogen and oxygen atoms in total. The van der Waals surface area contributed by atoms with Crippen molar-refractivity contribution in [1.82, 2.24) is 9.97 Å². The number of rotatable bonds is 0. The first kappa shape index (κ1) is 9.68. The van der Waals surface area contributed by atoms with Crippen LogP contribution in [0.15, 0.2) is 21.5 Å². The third-order valence-electron chi connectivity index (χ3n) is 1.92. The predicted octanol–water partition coefficient (Wildman–Crippen LogP) is 1.26. The minimum Gasteiger partial charge on any atom is -0.506 e. The first-order chi connectivity index (χ1) is 7.13. The van der Waals surface area contributed by atoms with Gasteiger partial charge in [0.05, 0.1) is 5.39 Å². The minimum atomic E-state index is -0.645. The van der Waals surface area contributed by atoms with Crippen molar-refractivity contribution in [2.45, 2.75) is 0 Å². The van der Waals surface area contributed by atoms with Crippen LogP contribution in [0.5, 0.6) is 5.75 Å². The van der Waals surface area contributed by atoms with Crippen molar-refractivity contribution >= 4 is 27.0 Å². The lowest BCUT2D eigenvalue weighted by molar-refractivity contribution is 0.478. The first-order valence-corrected chi connectivity index (χ1v) is 4.74. The molecule has 0 aliphatic heterocycles. The zero-order valence-corrected chi connectivity index (χ0v) is 8.87. The zero-order chi connectivity index (χ0) is 11.0. The smallest absolute Gasteiger partial charge is 0.271 e. The van der Waals surface area contributed by atoms with Gasteiger partial charge in [0.2, 0.25) is 0 Å². The lowest BCUT2D eigenvalue weighted by atomic mass is 10.2. The maximum atomic E-state index is 11.3. The fraction of sp³-hybridized carbons (Fsp3) is 0. The Morgan fingerprint density at radius 2 is 2.27 bits per heavy atom. The molecule has 6 heteroatoms. The van der Waals surface area contributed by atoms with Crippen molar-refractivity contribution in [2.24, 2.45) is 0 Å². The van der Waals surface area contributed by atoms with E-state index in [2.05, 4.69) is 25.9 Å². The number of halogens is 1. The summed E-state index contributed by atoms with van der Waals surface area (Å²) in [6.45, 7) is 0. The number of aromatic nitrogens is 2. The van der Waals surface area contributed by atoms with Crippen molar-refractivity contribution in [3.8, 4) is 11.8 Å². The standard InChI is InChI=1S/C9H4BrN3O2/c10-6-2-1-4-7(14)5(3-11)9(15)13-8(4)12-6/h1-2H,(H2,12,13,14,15). The number of nitrogens with zero attached hydrogens (tertiary/aromatic N) is 2. The first-order valence-electron chi connectivity index (χ1n) is 3.95. The van der Waals surface area contributed by atoms with Gasteiger partial charge in [0.1, 0.15) is 22.1 Å². The Kier molecular flexibility index (Phi) is 2.17.